The van der Waals surface area contributed by atoms with Crippen LogP contribution in [-0.4, -0.2) is 40.7 Å². The Morgan fingerprint density at radius 2 is 1.56 bits per heavy atom. The number of carbonyl (C=O) groups excluding carboxylic acids is 2. The smallest absolute Gasteiger partial charge is 0.246 e. The topological polar surface area (TPSA) is 40.6 Å². The van der Waals surface area contributed by atoms with E-state index in [4.69, 9.17) is 0 Å². The zero-order valence-corrected chi connectivity index (χ0v) is 14.6. The summed E-state index contributed by atoms with van der Waals surface area (Å²) in [6.45, 7) is 3.63. The highest BCUT2D eigenvalue weighted by Crippen LogP contribution is 2.19. The number of hydrogen-bond acceptors (Lipinski definition) is 2. The first-order chi connectivity index (χ1) is 12.2. The standard InChI is InChI=1S/C21H24N2O2/c1-2-20(24)23-14-13-22(16-18-11-7-4-8-12-18)21(25)19(23)15-17-9-5-3-6-10-17/h3-12,19H,2,13-16H2,1H3/t19-/m1/s1. The van der Waals surface area contributed by atoms with Gasteiger partial charge >= 0.3 is 0 Å². The van der Waals surface area contributed by atoms with Crippen LogP contribution in [0.15, 0.2) is 60.7 Å². The third-order valence-corrected chi connectivity index (χ3v) is 4.69. The highest BCUT2D eigenvalue weighted by Gasteiger charge is 2.36. The lowest BCUT2D eigenvalue weighted by atomic mass is 10.00. The lowest BCUT2D eigenvalue weighted by Crippen LogP contribution is -2.59. The number of nitrogens with zero attached hydrogens (tertiary/aromatic N) is 2. The monoisotopic (exact) mass is 336 g/mol. The molecule has 3 rings (SSSR count). The van der Waals surface area contributed by atoms with Gasteiger partial charge in [0.05, 0.1) is 0 Å². The Hall–Kier alpha value is -2.62. The zero-order valence-electron chi connectivity index (χ0n) is 14.6. The van der Waals surface area contributed by atoms with Gasteiger partial charge in [-0.1, -0.05) is 67.6 Å². The van der Waals surface area contributed by atoms with Gasteiger partial charge in [0.1, 0.15) is 6.04 Å². The molecule has 0 aromatic heterocycles. The van der Waals surface area contributed by atoms with E-state index in [1.165, 1.54) is 0 Å². The Bertz CT molecular complexity index is 715. The van der Waals surface area contributed by atoms with Crippen molar-refractivity contribution in [3.63, 3.8) is 0 Å². The molecule has 2 aromatic carbocycles. The number of amides is 2. The maximum absolute atomic E-state index is 13.1. The molecule has 4 heteroatoms. The van der Waals surface area contributed by atoms with Gasteiger partial charge in [0.2, 0.25) is 11.8 Å². The highest BCUT2D eigenvalue weighted by atomic mass is 16.2. The van der Waals surface area contributed by atoms with Crippen molar-refractivity contribution in [3.8, 4) is 0 Å². The summed E-state index contributed by atoms with van der Waals surface area (Å²) in [5, 5.41) is 0. The number of hydrogen-bond donors (Lipinski definition) is 0. The minimum absolute atomic E-state index is 0.0424. The first-order valence-electron chi connectivity index (χ1n) is 8.85. The Labute approximate surface area is 149 Å². The van der Waals surface area contributed by atoms with E-state index in [0.29, 0.717) is 32.5 Å². The molecular weight excluding hydrogens is 312 g/mol. The predicted octanol–water partition coefficient (Wildman–Crippen LogP) is 2.88. The molecule has 0 aliphatic carbocycles. The van der Waals surface area contributed by atoms with Crippen molar-refractivity contribution in [2.45, 2.75) is 32.4 Å². The van der Waals surface area contributed by atoms with Crippen LogP contribution in [0.3, 0.4) is 0 Å². The van der Waals surface area contributed by atoms with Crippen LogP contribution in [0.5, 0.6) is 0 Å². The van der Waals surface area contributed by atoms with Crippen molar-refractivity contribution < 1.29 is 9.59 Å². The first kappa shape index (κ1) is 17.2. The Kier molecular flexibility index (Phi) is 5.49. The maximum Gasteiger partial charge on any atom is 0.246 e. The summed E-state index contributed by atoms with van der Waals surface area (Å²) in [4.78, 5) is 29.1. The molecule has 2 amide bonds. The van der Waals surface area contributed by atoms with Gasteiger partial charge < -0.3 is 9.80 Å². The Balaban J connectivity index is 1.80. The van der Waals surface area contributed by atoms with E-state index in [9.17, 15) is 9.59 Å². The summed E-state index contributed by atoms with van der Waals surface area (Å²) < 4.78 is 0. The van der Waals surface area contributed by atoms with Gasteiger partial charge in [-0.2, -0.15) is 0 Å². The summed E-state index contributed by atoms with van der Waals surface area (Å²) >= 11 is 0. The molecule has 0 bridgehead atoms. The SMILES string of the molecule is CCC(=O)N1CCN(Cc2ccccc2)C(=O)[C@H]1Cc1ccccc1. The number of piperazine rings is 1. The Morgan fingerprint density at radius 1 is 0.960 bits per heavy atom. The third-order valence-electron chi connectivity index (χ3n) is 4.69. The number of benzene rings is 2. The van der Waals surface area contributed by atoms with Crippen molar-refractivity contribution >= 4 is 11.8 Å². The largest absolute Gasteiger partial charge is 0.335 e. The van der Waals surface area contributed by atoms with Gasteiger partial charge in [-0.15, -0.1) is 0 Å². The minimum atomic E-state index is -0.410. The summed E-state index contributed by atoms with van der Waals surface area (Å²) in [6, 6.07) is 19.5. The van der Waals surface area contributed by atoms with E-state index in [-0.39, 0.29) is 11.8 Å². The Morgan fingerprint density at radius 3 is 2.16 bits per heavy atom. The van der Waals surface area contributed by atoms with Crippen LogP contribution < -0.4 is 0 Å². The summed E-state index contributed by atoms with van der Waals surface area (Å²) in [6.07, 6.45) is 0.994. The normalized spacial score (nSPS) is 17.6. The molecule has 0 N–H and O–H groups in total. The zero-order chi connectivity index (χ0) is 17.6. The van der Waals surface area contributed by atoms with E-state index < -0.39 is 6.04 Å². The van der Waals surface area contributed by atoms with Crippen LogP contribution in [0.25, 0.3) is 0 Å². The molecule has 1 fully saturated rings. The van der Waals surface area contributed by atoms with Crippen molar-refractivity contribution in [1.29, 1.82) is 0 Å². The lowest BCUT2D eigenvalue weighted by molar-refractivity contribution is -0.151. The summed E-state index contributed by atoms with van der Waals surface area (Å²) in [7, 11) is 0. The second-order valence-corrected chi connectivity index (χ2v) is 6.39. The summed E-state index contributed by atoms with van der Waals surface area (Å²) in [5.74, 6) is 0.0920. The van der Waals surface area contributed by atoms with Crippen LogP contribution in [-0.2, 0) is 22.6 Å². The molecule has 1 saturated heterocycles. The molecule has 130 valence electrons. The van der Waals surface area contributed by atoms with Crippen molar-refractivity contribution in [2.24, 2.45) is 0 Å². The fourth-order valence-electron chi connectivity index (χ4n) is 3.34. The van der Waals surface area contributed by atoms with Crippen molar-refractivity contribution in [3.05, 3.63) is 71.8 Å². The van der Waals surface area contributed by atoms with E-state index in [0.717, 1.165) is 11.1 Å². The maximum atomic E-state index is 13.1. The molecule has 1 atom stereocenters. The second kappa shape index (κ2) is 7.97. The van der Waals surface area contributed by atoms with Gasteiger partial charge in [-0.25, -0.2) is 0 Å². The summed E-state index contributed by atoms with van der Waals surface area (Å²) in [5.41, 5.74) is 2.20. The van der Waals surface area contributed by atoms with Gasteiger partial charge in [0.25, 0.3) is 0 Å². The predicted molar refractivity (Wildman–Crippen MR) is 97.8 cm³/mol. The van der Waals surface area contributed by atoms with Crippen LogP contribution >= 0.6 is 0 Å². The first-order valence-corrected chi connectivity index (χ1v) is 8.85. The molecule has 0 spiro atoms. The van der Waals surface area contributed by atoms with Crippen molar-refractivity contribution in [2.75, 3.05) is 13.1 Å². The van der Waals surface area contributed by atoms with Crippen LogP contribution in [0, 0.1) is 0 Å². The fourth-order valence-corrected chi connectivity index (χ4v) is 3.34. The molecule has 1 aliphatic heterocycles. The average Bonchev–Trinajstić information content (AvgIpc) is 2.66. The third kappa shape index (κ3) is 4.08. The van der Waals surface area contributed by atoms with E-state index >= 15 is 0 Å². The number of carbonyl (C=O) groups is 2. The van der Waals surface area contributed by atoms with Gasteiger partial charge in [-0.05, 0) is 11.1 Å². The quantitative estimate of drug-likeness (QED) is 0.842. The van der Waals surface area contributed by atoms with Crippen LogP contribution in [0.1, 0.15) is 24.5 Å². The van der Waals surface area contributed by atoms with E-state index in [2.05, 4.69) is 0 Å². The van der Waals surface area contributed by atoms with E-state index in [1.807, 2.05) is 72.5 Å². The van der Waals surface area contributed by atoms with Gasteiger partial charge in [0, 0.05) is 32.5 Å². The highest BCUT2D eigenvalue weighted by molar-refractivity contribution is 5.89. The van der Waals surface area contributed by atoms with Gasteiger partial charge in [-0.3, -0.25) is 9.59 Å². The molecule has 2 aromatic rings. The molecule has 1 heterocycles. The lowest BCUT2D eigenvalue weighted by Gasteiger charge is -2.41. The molecule has 0 saturated carbocycles. The average molecular weight is 336 g/mol. The molecule has 0 radical (unpaired) electrons. The second-order valence-electron chi connectivity index (χ2n) is 6.39. The minimum Gasteiger partial charge on any atom is -0.335 e. The van der Waals surface area contributed by atoms with Gasteiger partial charge in [0.15, 0.2) is 0 Å². The molecule has 0 unspecified atom stereocenters. The van der Waals surface area contributed by atoms with Crippen molar-refractivity contribution in [1.82, 2.24) is 9.80 Å². The van der Waals surface area contributed by atoms with Crippen LogP contribution in [0.4, 0.5) is 0 Å². The molecule has 1 aliphatic rings. The molecule has 25 heavy (non-hydrogen) atoms. The van der Waals surface area contributed by atoms with Crippen LogP contribution in [0.2, 0.25) is 0 Å². The molecule has 4 nitrogen and oxygen atoms in total. The number of rotatable bonds is 5. The van der Waals surface area contributed by atoms with E-state index in [1.54, 1.807) is 4.90 Å². The molecular formula is C21H24N2O2. The fraction of sp³-hybridized carbons (Fsp3) is 0.333.